The van der Waals surface area contributed by atoms with Gasteiger partial charge in [-0.15, -0.1) is 0 Å². The highest BCUT2D eigenvalue weighted by molar-refractivity contribution is 6.31. The number of benzene rings is 2. The summed E-state index contributed by atoms with van der Waals surface area (Å²) in [5, 5.41) is 5.93. The molecule has 1 aliphatic rings. The van der Waals surface area contributed by atoms with Gasteiger partial charge in [-0.3, -0.25) is 14.4 Å². The van der Waals surface area contributed by atoms with Crippen LogP contribution < -0.4 is 15.5 Å². The summed E-state index contributed by atoms with van der Waals surface area (Å²) in [6.07, 6.45) is 0.847. The number of amides is 3. The van der Waals surface area contributed by atoms with Gasteiger partial charge in [0.1, 0.15) is 0 Å². The first-order valence-electron chi connectivity index (χ1n) is 9.17. The van der Waals surface area contributed by atoms with Crippen LogP contribution >= 0.6 is 11.6 Å². The molecule has 28 heavy (non-hydrogen) atoms. The van der Waals surface area contributed by atoms with Crippen molar-refractivity contribution in [1.29, 1.82) is 0 Å². The van der Waals surface area contributed by atoms with Crippen molar-refractivity contribution in [2.75, 3.05) is 24.5 Å². The van der Waals surface area contributed by atoms with Gasteiger partial charge < -0.3 is 15.5 Å². The minimum atomic E-state index is -0.483. The molecule has 7 heteroatoms. The van der Waals surface area contributed by atoms with Crippen molar-refractivity contribution in [3.8, 4) is 0 Å². The van der Waals surface area contributed by atoms with Crippen LogP contribution in [-0.4, -0.2) is 37.4 Å². The number of carbonyl (C=O) groups is 3. The highest BCUT2D eigenvalue weighted by Gasteiger charge is 2.35. The van der Waals surface area contributed by atoms with Crippen LogP contribution in [0, 0.1) is 5.92 Å². The maximum absolute atomic E-state index is 12.3. The molecule has 0 radical (unpaired) electrons. The Hall–Kier alpha value is -2.86. The summed E-state index contributed by atoms with van der Waals surface area (Å²) in [7, 11) is 0. The number of carbonyl (C=O) groups excluding carboxylic acids is 3. The van der Waals surface area contributed by atoms with Crippen LogP contribution in [-0.2, 0) is 20.8 Å². The fourth-order valence-corrected chi connectivity index (χ4v) is 3.33. The number of hydrogen-bond acceptors (Lipinski definition) is 3. The number of anilines is 1. The first kappa shape index (κ1) is 19.9. The van der Waals surface area contributed by atoms with Crippen LogP contribution in [0.4, 0.5) is 5.69 Å². The lowest BCUT2D eigenvalue weighted by atomic mass is 10.1. The molecule has 0 spiro atoms. The second kappa shape index (κ2) is 9.37. The molecule has 3 amide bonds. The third-order valence-corrected chi connectivity index (χ3v) is 4.85. The zero-order valence-electron chi connectivity index (χ0n) is 15.4. The van der Waals surface area contributed by atoms with Crippen LogP contribution in [0.3, 0.4) is 0 Å². The average Bonchev–Trinajstić information content (AvgIpc) is 3.09. The van der Waals surface area contributed by atoms with Crippen molar-refractivity contribution in [3.63, 3.8) is 0 Å². The molecule has 0 saturated carbocycles. The Kier molecular flexibility index (Phi) is 6.66. The van der Waals surface area contributed by atoms with E-state index in [1.54, 1.807) is 29.2 Å². The Bertz CT molecular complexity index is 857. The van der Waals surface area contributed by atoms with Crippen molar-refractivity contribution < 1.29 is 14.4 Å². The van der Waals surface area contributed by atoms with Gasteiger partial charge in [0, 0.05) is 30.2 Å². The molecule has 0 aromatic heterocycles. The van der Waals surface area contributed by atoms with Crippen LogP contribution in [0.1, 0.15) is 12.0 Å². The fourth-order valence-electron chi connectivity index (χ4n) is 3.14. The van der Waals surface area contributed by atoms with Gasteiger partial charge in [0.05, 0.1) is 12.5 Å². The largest absolute Gasteiger partial charge is 0.354 e. The summed E-state index contributed by atoms with van der Waals surface area (Å²) in [6, 6.07) is 16.8. The molecule has 1 heterocycles. The molecule has 2 N–H and O–H groups in total. The normalized spacial score (nSPS) is 16.1. The van der Waals surface area contributed by atoms with E-state index in [0.29, 0.717) is 17.3 Å². The predicted molar refractivity (Wildman–Crippen MR) is 108 cm³/mol. The van der Waals surface area contributed by atoms with E-state index in [4.69, 9.17) is 11.6 Å². The predicted octanol–water partition coefficient (Wildman–Crippen LogP) is 2.17. The van der Waals surface area contributed by atoms with Crippen molar-refractivity contribution in [1.82, 2.24) is 10.6 Å². The Balaban J connectivity index is 1.42. The molecule has 1 fully saturated rings. The zero-order valence-corrected chi connectivity index (χ0v) is 16.1. The molecule has 0 bridgehead atoms. The van der Waals surface area contributed by atoms with Gasteiger partial charge >= 0.3 is 0 Å². The number of nitrogens with one attached hydrogen (secondary N) is 2. The number of hydrogen-bond donors (Lipinski definition) is 2. The van der Waals surface area contributed by atoms with E-state index < -0.39 is 5.92 Å². The van der Waals surface area contributed by atoms with Crippen molar-refractivity contribution in [2.45, 2.75) is 12.8 Å². The van der Waals surface area contributed by atoms with E-state index in [0.717, 1.165) is 12.0 Å². The van der Waals surface area contributed by atoms with Crippen molar-refractivity contribution >= 4 is 35.0 Å². The topological polar surface area (TPSA) is 78.5 Å². The molecular formula is C21H22ClN3O3. The van der Waals surface area contributed by atoms with E-state index in [2.05, 4.69) is 10.6 Å². The summed E-state index contributed by atoms with van der Waals surface area (Å²) in [5.41, 5.74) is 1.81. The molecule has 0 aliphatic carbocycles. The molecular weight excluding hydrogens is 378 g/mol. The summed E-state index contributed by atoms with van der Waals surface area (Å²) in [6.45, 7) is 0.680. The van der Waals surface area contributed by atoms with E-state index >= 15 is 0 Å². The van der Waals surface area contributed by atoms with Gasteiger partial charge in [0.2, 0.25) is 17.7 Å². The van der Waals surface area contributed by atoms with Gasteiger partial charge in [-0.25, -0.2) is 0 Å². The molecule has 1 atom stereocenters. The van der Waals surface area contributed by atoms with E-state index in [-0.39, 0.29) is 37.2 Å². The van der Waals surface area contributed by atoms with Gasteiger partial charge in [0.15, 0.2) is 0 Å². The second-order valence-electron chi connectivity index (χ2n) is 6.69. The molecule has 6 nitrogen and oxygen atoms in total. The quantitative estimate of drug-likeness (QED) is 0.749. The van der Waals surface area contributed by atoms with E-state index in [9.17, 15) is 14.4 Å². The van der Waals surface area contributed by atoms with Crippen molar-refractivity contribution in [2.24, 2.45) is 5.92 Å². The summed E-state index contributed by atoms with van der Waals surface area (Å²) in [5.74, 6) is -1.16. The van der Waals surface area contributed by atoms with Gasteiger partial charge in [-0.1, -0.05) is 48.0 Å². The number of rotatable bonds is 7. The van der Waals surface area contributed by atoms with E-state index in [1.165, 1.54) is 0 Å². The minimum absolute atomic E-state index is 0.102. The lowest BCUT2D eigenvalue weighted by Crippen LogP contribution is -2.40. The second-order valence-corrected chi connectivity index (χ2v) is 7.13. The maximum Gasteiger partial charge on any atom is 0.239 e. The summed E-state index contributed by atoms with van der Waals surface area (Å²) >= 11 is 5.97. The molecule has 3 rings (SSSR count). The Morgan fingerprint density at radius 3 is 2.61 bits per heavy atom. The average molecular weight is 400 g/mol. The Morgan fingerprint density at radius 1 is 1.07 bits per heavy atom. The smallest absolute Gasteiger partial charge is 0.239 e. The van der Waals surface area contributed by atoms with Gasteiger partial charge in [0.25, 0.3) is 0 Å². The summed E-state index contributed by atoms with van der Waals surface area (Å²) < 4.78 is 0. The zero-order chi connectivity index (χ0) is 19.9. The highest BCUT2D eigenvalue weighted by atomic mass is 35.5. The first-order valence-corrected chi connectivity index (χ1v) is 9.55. The third-order valence-electron chi connectivity index (χ3n) is 4.62. The monoisotopic (exact) mass is 399 g/mol. The number of halogens is 1. The van der Waals surface area contributed by atoms with Crippen LogP contribution in [0.5, 0.6) is 0 Å². The molecule has 1 saturated heterocycles. The standard InChI is InChI=1S/C21H22ClN3O3/c22-17-7-4-8-18(12-17)25-14-16(11-20(25)27)21(28)24-13-19(26)23-10-9-15-5-2-1-3-6-15/h1-8,12,16H,9-11,13-14H2,(H,23,26)(H,24,28). The molecule has 2 aromatic rings. The number of nitrogens with zero attached hydrogens (tertiary/aromatic N) is 1. The minimum Gasteiger partial charge on any atom is -0.354 e. The lowest BCUT2D eigenvalue weighted by molar-refractivity contribution is -0.128. The Labute approximate surface area is 168 Å². The maximum atomic E-state index is 12.3. The molecule has 1 aliphatic heterocycles. The highest BCUT2D eigenvalue weighted by Crippen LogP contribution is 2.27. The van der Waals surface area contributed by atoms with Gasteiger partial charge in [-0.05, 0) is 30.2 Å². The SMILES string of the molecule is O=C(CNC(=O)C1CC(=O)N(c2cccc(Cl)c2)C1)NCCc1ccccc1. The van der Waals surface area contributed by atoms with Crippen molar-refractivity contribution in [3.05, 3.63) is 65.2 Å². The third kappa shape index (κ3) is 5.33. The molecule has 2 aromatic carbocycles. The van der Waals surface area contributed by atoms with Crippen LogP contribution in [0.25, 0.3) is 0 Å². The Morgan fingerprint density at radius 2 is 1.86 bits per heavy atom. The summed E-state index contributed by atoms with van der Waals surface area (Å²) in [4.78, 5) is 38.1. The first-order chi connectivity index (χ1) is 13.5. The fraction of sp³-hybridized carbons (Fsp3) is 0.286. The van der Waals surface area contributed by atoms with Crippen LogP contribution in [0.15, 0.2) is 54.6 Å². The lowest BCUT2D eigenvalue weighted by Gasteiger charge is -2.17. The molecule has 146 valence electrons. The van der Waals surface area contributed by atoms with Crippen LogP contribution in [0.2, 0.25) is 5.02 Å². The van der Waals surface area contributed by atoms with Gasteiger partial charge in [-0.2, -0.15) is 0 Å². The van der Waals surface area contributed by atoms with E-state index in [1.807, 2.05) is 30.3 Å². The molecule has 1 unspecified atom stereocenters.